The van der Waals surface area contributed by atoms with Crippen molar-refractivity contribution >= 4 is 21.9 Å². The molecule has 3 heteroatoms. The van der Waals surface area contributed by atoms with E-state index in [-0.39, 0.29) is 40.1 Å². The summed E-state index contributed by atoms with van der Waals surface area (Å²) >= 11 is 0. The van der Waals surface area contributed by atoms with E-state index < -0.39 is 0 Å². The smallest absolute Gasteiger partial charge is 0.0960 e. The number of aromatic nitrogens is 2. The molecule has 0 spiro atoms. The Bertz CT molecular complexity index is 614. The second-order valence-corrected chi connectivity index (χ2v) is 3.52. The van der Waals surface area contributed by atoms with E-state index in [1.807, 2.05) is 38.2 Å². The number of aromatic amines is 1. The fraction of sp³-hybridized carbons (Fsp3) is 0.200. The summed E-state index contributed by atoms with van der Waals surface area (Å²) in [6.45, 7) is 6.10. The largest absolute Gasteiger partial charge is 0.358 e. The van der Waals surface area contributed by atoms with Crippen LogP contribution in [0.15, 0.2) is 36.5 Å². The maximum absolute atomic E-state index is 4.40. The summed E-state index contributed by atoms with van der Waals surface area (Å²) in [7, 11) is 0. The minimum absolute atomic E-state index is 0. The minimum atomic E-state index is 0. The zero-order valence-electron chi connectivity index (χ0n) is 11.5. The van der Waals surface area contributed by atoms with Crippen molar-refractivity contribution in [3.8, 4) is 0 Å². The Morgan fingerprint density at radius 1 is 1.06 bits per heavy atom. The predicted octanol–water partition coefficient (Wildman–Crippen LogP) is 4.50. The van der Waals surface area contributed by atoms with Crippen LogP contribution >= 0.6 is 0 Å². The maximum atomic E-state index is 4.40. The van der Waals surface area contributed by atoms with Gasteiger partial charge in [-0.3, -0.25) is 4.98 Å². The molecule has 2 aromatic heterocycles. The van der Waals surface area contributed by atoms with Gasteiger partial charge in [0, 0.05) is 49.8 Å². The molecule has 0 bridgehead atoms. The number of pyridine rings is 1. The molecule has 18 heavy (non-hydrogen) atoms. The van der Waals surface area contributed by atoms with Crippen LogP contribution in [0.1, 0.15) is 19.4 Å². The predicted molar refractivity (Wildman–Crippen MR) is 76.1 cm³/mol. The zero-order chi connectivity index (χ0) is 11.5. The second kappa shape index (κ2) is 7.65. The molecule has 0 aliphatic heterocycles. The molecule has 0 unspecified atom stereocenters. The summed E-state index contributed by atoms with van der Waals surface area (Å²) in [6, 6.07) is 10.3. The van der Waals surface area contributed by atoms with E-state index in [2.05, 4.69) is 29.0 Å². The molecule has 0 aliphatic carbocycles. The molecular weight excluding hydrogens is 297 g/mol. The Morgan fingerprint density at radius 3 is 2.44 bits per heavy atom. The van der Waals surface area contributed by atoms with Crippen molar-refractivity contribution in [3.63, 3.8) is 0 Å². The number of hydrogen-bond acceptors (Lipinski definition) is 1. The summed E-state index contributed by atoms with van der Waals surface area (Å²) < 4.78 is 0. The fourth-order valence-electron chi connectivity index (χ4n) is 1.85. The van der Waals surface area contributed by atoms with Crippen LogP contribution in [0.5, 0.6) is 0 Å². The average Bonchev–Trinajstić information content (AvgIpc) is 2.72. The normalized spacial score (nSPS) is 9.06. The van der Waals surface area contributed by atoms with E-state index >= 15 is 0 Å². The van der Waals surface area contributed by atoms with Gasteiger partial charge in [-0.1, -0.05) is 32.0 Å². The first-order valence-electron chi connectivity index (χ1n) is 5.68. The van der Waals surface area contributed by atoms with Crippen molar-refractivity contribution in [2.75, 3.05) is 0 Å². The molecule has 0 aliphatic rings. The van der Waals surface area contributed by atoms with Gasteiger partial charge in [0.15, 0.2) is 0 Å². The monoisotopic (exact) mass is 316 g/mol. The molecule has 1 aromatic carbocycles. The van der Waals surface area contributed by atoms with Gasteiger partial charge in [0.25, 0.3) is 0 Å². The molecule has 0 amide bonds. The fourth-order valence-corrected chi connectivity index (χ4v) is 1.85. The van der Waals surface area contributed by atoms with E-state index in [4.69, 9.17) is 0 Å². The van der Waals surface area contributed by atoms with Crippen molar-refractivity contribution < 1.29 is 32.7 Å². The van der Waals surface area contributed by atoms with Crippen LogP contribution in [0.2, 0.25) is 0 Å². The SMILES string of the molecule is CC.Cc1ccnc2c1[nH]c1ccccc12.[CH3-].[Y]. The Kier molecular flexibility index (Phi) is 7.34. The van der Waals surface area contributed by atoms with E-state index in [9.17, 15) is 0 Å². The first-order valence-corrected chi connectivity index (χ1v) is 5.68. The van der Waals surface area contributed by atoms with Gasteiger partial charge >= 0.3 is 0 Å². The molecule has 2 heterocycles. The molecule has 0 saturated carbocycles. The van der Waals surface area contributed by atoms with Gasteiger partial charge in [-0.25, -0.2) is 0 Å². The standard InChI is InChI=1S/C12H10N2.C2H6.CH3.Y/c1-8-6-7-13-12-9-4-2-3-5-10(9)14-11(8)12;1-2;;/h2-7,14H,1H3;1-2H3;1H3;/q;;-1;. The Balaban J connectivity index is 0.000000691. The molecule has 3 aromatic rings. The maximum Gasteiger partial charge on any atom is 0.0960 e. The van der Waals surface area contributed by atoms with Crippen LogP contribution in [-0.4, -0.2) is 9.97 Å². The van der Waals surface area contributed by atoms with Crippen LogP contribution in [-0.2, 0) is 32.7 Å². The van der Waals surface area contributed by atoms with E-state index in [0.29, 0.717) is 0 Å². The molecule has 93 valence electrons. The number of para-hydroxylation sites is 1. The van der Waals surface area contributed by atoms with E-state index in [0.717, 1.165) is 16.6 Å². The summed E-state index contributed by atoms with van der Waals surface area (Å²) in [5.41, 5.74) is 4.62. The van der Waals surface area contributed by atoms with Crippen LogP contribution < -0.4 is 0 Å². The number of nitrogens with one attached hydrogen (secondary N) is 1. The Labute approximate surface area is 134 Å². The third-order valence-electron chi connectivity index (χ3n) is 2.60. The molecule has 1 radical (unpaired) electrons. The number of H-pyrrole nitrogens is 1. The summed E-state index contributed by atoms with van der Waals surface area (Å²) in [5.74, 6) is 0. The van der Waals surface area contributed by atoms with Crippen molar-refractivity contribution in [2.24, 2.45) is 0 Å². The van der Waals surface area contributed by atoms with Crippen molar-refractivity contribution in [1.82, 2.24) is 9.97 Å². The molecule has 1 N–H and O–H groups in total. The third-order valence-corrected chi connectivity index (χ3v) is 2.60. The molecular formula is C15H19N2Y-. The number of rotatable bonds is 0. The molecule has 0 saturated heterocycles. The summed E-state index contributed by atoms with van der Waals surface area (Å²) in [4.78, 5) is 7.78. The molecule has 0 fully saturated rings. The topological polar surface area (TPSA) is 28.7 Å². The third kappa shape index (κ3) is 2.99. The van der Waals surface area contributed by atoms with Crippen molar-refractivity contribution in [3.05, 3.63) is 49.5 Å². The summed E-state index contributed by atoms with van der Waals surface area (Å²) in [5, 5.41) is 1.20. The van der Waals surface area contributed by atoms with Gasteiger partial charge in [-0.2, -0.15) is 0 Å². The Hall–Kier alpha value is -0.726. The number of benzene rings is 1. The van der Waals surface area contributed by atoms with Crippen LogP contribution in [0.25, 0.3) is 21.9 Å². The van der Waals surface area contributed by atoms with Gasteiger partial charge in [0.2, 0.25) is 0 Å². The van der Waals surface area contributed by atoms with Crippen LogP contribution in [0, 0.1) is 14.4 Å². The summed E-state index contributed by atoms with van der Waals surface area (Å²) in [6.07, 6.45) is 1.86. The van der Waals surface area contributed by atoms with E-state index in [1.165, 1.54) is 10.9 Å². The van der Waals surface area contributed by atoms with Gasteiger partial charge in [-0.15, -0.1) is 0 Å². The van der Waals surface area contributed by atoms with Gasteiger partial charge < -0.3 is 12.4 Å². The van der Waals surface area contributed by atoms with Gasteiger partial charge in [0.05, 0.1) is 11.0 Å². The van der Waals surface area contributed by atoms with Crippen molar-refractivity contribution in [2.45, 2.75) is 20.8 Å². The number of fused-ring (bicyclic) bond motifs is 3. The van der Waals surface area contributed by atoms with Crippen molar-refractivity contribution in [1.29, 1.82) is 0 Å². The van der Waals surface area contributed by atoms with Gasteiger partial charge in [0.1, 0.15) is 0 Å². The van der Waals surface area contributed by atoms with Crippen LogP contribution in [0.3, 0.4) is 0 Å². The minimum Gasteiger partial charge on any atom is -0.358 e. The zero-order valence-corrected chi connectivity index (χ0v) is 14.3. The quantitative estimate of drug-likeness (QED) is 0.608. The number of nitrogens with zero attached hydrogens (tertiary/aromatic N) is 1. The number of aryl methyl sites for hydroxylation is 1. The molecule has 2 nitrogen and oxygen atoms in total. The first kappa shape index (κ1) is 17.3. The first-order chi connectivity index (χ1) is 7.86. The van der Waals surface area contributed by atoms with E-state index in [1.54, 1.807) is 0 Å². The second-order valence-electron chi connectivity index (χ2n) is 3.52. The molecule has 3 rings (SSSR count). The van der Waals surface area contributed by atoms with Crippen LogP contribution in [0.4, 0.5) is 0 Å². The van der Waals surface area contributed by atoms with Gasteiger partial charge in [-0.05, 0) is 24.6 Å². The molecule has 0 atom stereocenters. The average molecular weight is 316 g/mol. The number of hydrogen-bond donors (Lipinski definition) is 1. The Morgan fingerprint density at radius 2 is 1.72 bits per heavy atom.